The zero-order valence-electron chi connectivity index (χ0n) is 12.9. The van der Waals surface area contributed by atoms with Gasteiger partial charge in [0.15, 0.2) is 0 Å². The van der Waals surface area contributed by atoms with Gasteiger partial charge in [-0.05, 0) is 31.0 Å². The van der Waals surface area contributed by atoms with Gasteiger partial charge in [-0.3, -0.25) is 4.57 Å². The number of aromatic nitrogens is 1. The van der Waals surface area contributed by atoms with Crippen LogP contribution in [-0.4, -0.2) is 21.3 Å². The van der Waals surface area contributed by atoms with Gasteiger partial charge in [-0.25, -0.2) is 0 Å². The predicted molar refractivity (Wildman–Crippen MR) is 81.5 cm³/mol. The highest BCUT2D eigenvalue weighted by atomic mass is 19.4. The molecule has 0 spiro atoms. The molecule has 1 saturated heterocycles. The fourth-order valence-electron chi connectivity index (χ4n) is 3.93. The quantitative estimate of drug-likeness (QED) is 0.738. The van der Waals surface area contributed by atoms with Gasteiger partial charge in [0.05, 0.1) is 22.9 Å². The lowest BCUT2D eigenvalue weighted by molar-refractivity contribution is -0.137. The van der Waals surface area contributed by atoms with E-state index < -0.39 is 17.3 Å². The van der Waals surface area contributed by atoms with Gasteiger partial charge in [0.1, 0.15) is 0 Å². The Hall–Kier alpha value is -2.66. The summed E-state index contributed by atoms with van der Waals surface area (Å²) < 4.78 is 40.6. The van der Waals surface area contributed by atoms with Crippen LogP contribution in [0.25, 0.3) is 5.69 Å². The van der Waals surface area contributed by atoms with Crippen molar-refractivity contribution in [3.05, 3.63) is 40.5 Å². The molecule has 1 aliphatic carbocycles. The molecule has 1 aromatic heterocycles. The topological polar surface area (TPSA) is 81.2 Å². The molecule has 3 aliphatic rings. The number of rotatable bonds is 1. The first-order valence-corrected chi connectivity index (χ1v) is 7.84. The molecule has 5 rings (SSSR count). The maximum Gasteiger partial charge on any atom is 0.417 e. The zero-order valence-corrected chi connectivity index (χ0v) is 12.9. The number of hydrogen-bond acceptors (Lipinski definition) is 4. The van der Waals surface area contributed by atoms with E-state index in [9.17, 15) is 23.4 Å². The van der Waals surface area contributed by atoms with Crippen LogP contribution in [0.3, 0.4) is 0 Å². The fraction of sp³-hybridized carbons (Fsp3) is 0.353. The summed E-state index contributed by atoms with van der Waals surface area (Å²) in [6, 6.07) is 4.51. The van der Waals surface area contributed by atoms with Crippen LogP contribution in [0.5, 0.6) is 11.8 Å². The number of hydrogen-bond donors (Lipinski definition) is 3. The molecule has 5 nitrogen and oxygen atoms in total. The summed E-state index contributed by atoms with van der Waals surface area (Å²) >= 11 is 0. The summed E-state index contributed by atoms with van der Waals surface area (Å²) in [5.74, 6) is -0.471. The van der Waals surface area contributed by atoms with E-state index >= 15 is 0 Å². The number of nitrogens with zero attached hydrogens (tertiary/aromatic N) is 2. The lowest BCUT2D eigenvalue weighted by atomic mass is 9.78. The monoisotopic (exact) mass is 349 g/mol. The average molecular weight is 349 g/mol. The van der Waals surface area contributed by atoms with Crippen molar-refractivity contribution in [3.8, 4) is 23.5 Å². The number of alkyl halides is 3. The molecule has 25 heavy (non-hydrogen) atoms. The Morgan fingerprint density at radius 1 is 1.16 bits per heavy atom. The molecule has 1 fully saturated rings. The van der Waals surface area contributed by atoms with Gasteiger partial charge in [-0.1, -0.05) is 0 Å². The van der Waals surface area contributed by atoms with E-state index in [0.717, 1.165) is 29.5 Å². The van der Waals surface area contributed by atoms with E-state index in [1.807, 2.05) is 0 Å². The first-order valence-electron chi connectivity index (χ1n) is 7.84. The summed E-state index contributed by atoms with van der Waals surface area (Å²) in [6.07, 6.45) is -3.06. The number of nitriles is 1. The summed E-state index contributed by atoms with van der Waals surface area (Å²) in [5, 5.41) is 33.3. The molecular formula is C17H14F3N3O2. The minimum Gasteiger partial charge on any atom is -0.494 e. The van der Waals surface area contributed by atoms with Crippen molar-refractivity contribution in [3.63, 3.8) is 0 Å². The second-order valence-electron chi connectivity index (χ2n) is 6.38. The second-order valence-corrected chi connectivity index (χ2v) is 6.38. The van der Waals surface area contributed by atoms with E-state index in [0.29, 0.717) is 17.7 Å². The minimum absolute atomic E-state index is 0.0209. The van der Waals surface area contributed by atoms with Gasteiger partial charge in [0, 0.05) is 29.6 Å². The smallest absolute Gasteiger partial charge is 0.417 e. The molecule has 0 amide bonds. The molecule has 1 aromatic carbocycles. The van der Waals surface area contributed by atoms with Gasteiger partial charge in [0.2, 0.25) is 11.8 Å². The average Bonchev–Trinajstić information content (AvgIpc) is 2.88. The van der Waals surface area contributed by atoms with Gasteiger partial charge in [-0.15, -0.1) is 0 Å². The molecule has 2 aliphatic heterocycles. The van der Waals surface area contributed by atoms with Gasteiger partial charge in [-0.2, -0.15) is 18.4 Å². The van der Waals surface area contributed by atoms with E-state index in [4.69, 9.17) is 5.26 Å². The van der Waals surface area contributed by atoms with Gasteiger partial charge in [0.25, 0.3) is 0 Å². The molecule has 0 saturated carbocycles. The van der Waals surface area contributed by atoms with E-state index in [-0.39, 0.29) is 29.4 Å². The molecule has 3 heterocycles. The van der Waals surface area contributed by atoms with Crippen LogP contribution in [0.4, 0.5) is 13.2 Å². The predicted octanol–water partition coefficient (Wildman–Crippen LogP) is 3.30. The number of halogens is 3. The Bertz CT molecular complexity index is 868. The van der Waals surface area contributed by atoms with Crippen LogP contribution in [0, 0.1) is 11.3 Å². The lowest BCUT2D eigenvalue weighted by Crippen LogP contribution is -2.37. The van der Waals surface area contributed by atoms with Crippen molar-refractivity contribution >= 4 is 0 Å². The third-order valence-electron chi connectivity index (χ3n) is 5.05. The van der Waals surface area contributed by atoms with E-state index in [2.05, 4.69) is 5.32 Å². The van der Waals surface area contributed by atoms with Crippen molar-refractivity contribution in [2.24, 2.45) is 0 Å². The van der Waals surface area contributed by atoms with Gasteiger partial charge >= 0.3 is 6.18 Å². The first kappa shape index (κ1) is 15.8. The molecule has 0 unspecified atom stereocenters. The third-order valence-corrected chi connectivity index (χ3v) is 5.05. The second kappa shape index (κ2) is 5.17. The molecule has 2 atom stereocenters. The summed E-state index contributed by atoms with van der Waals surface area (Å²) in [6.45, 7) is 0.663. The maximum absolute atomic E-state index is 13.2. The van der Waals surface area contributed by atoms with Crippen LogP contribution >= 0.6 is 0 Å². The Morgan fingerprint density at radius 2 is 1.88 bits per heavy atom. The zero-order chi connectivity index (χ0) is 17.9. The fourth-order valence-corrected chi connectivity index (χ4v) is 3.93. The maximum atomic E-state index is 13.2. The van der Waals surface area contributed by atoms with Crippen molar-refractivity contribution in [1.29, 1.82) is 5.26 Å². The number of benzene rings is 1. The van der Waals surface area contributed by atoms with Crippen molar-refractivity contribution in [1.82, 2.24) is 9.88 Å². The van der Waals surface area contributed by atoms with Crippen LogP contribution in [-0.2, 0) is 6.18 Å². The molecule has 3 N–H and O–H groups in total. The molecule has 2 bridgehead atoms. The molecule has 8 heteroatoms. The number of fused-ring (bicyclic) bond motifs is 2. The van der Waals surface area contributed by atoms with Gasteiger partial charge < -0.3 is 15.5 Å². The Morgan fingerprint density at radius 3 is 2.44 bits per heavy atom. The van der Waals surface area contributed by atoms with E-state index in [1.54, 1.807) is 0 Å². The standard InChI is InChI=1S/C17H14F3N3O2/c18-17(19,20)11-5-10(3-1-8(11)6-21)23-15(24)13-9-2-4-12(22-7-9)14(13)16(23)25/h1,3,5,9,12,22,24-25H,2,4,7H2/t9-,12-/m0/s1. The van der Waals surface area contributed by atoms with Crippen molar-refractivity contribution in [2.45, 2.75) is 31.0 Å². The van der Waals surface area contributed by atoms with Crippen LogP contribution in [0.1, 0.15) is 47.1 Å². The summed E-state index contributed by atoms with van der Waals surface area (Å²) in [7, 11) is 0. The largest absolute Gasteiger partial charge is 0.494 e. The SMILES string of the molecule is N#Cc1ccc(-n2c(O)c3c(c2O)[C@@H]2CC[C@H]3CN2)cc1C(F)(F)F. The third kappa shape index (κ3) is 2.19. The first-order chi connectivity index (χ1) is 11.8. The van der Waals surface area contributed by atoms with Crippen LogP contribution in [0.2, 0.25) is 0 Å². The highest BCUT2D eigenvalue weighted by molar-refractivity contribution is 5.59. The number of nitrogens with one attached hydrogen (secondary N) is 1. The normalized spacial score (nSPS) is 21.8. The molecule has 2 aromatic rings. The van der Waals surface area contributed by atoms with Crippen LogP contribution in [0.15, 0.2) is 18.2 Å². The summed E-state index contributed by atoms with van der Waals surface area (Å²) in [4.78, 5) is 0. The number of piperidine rings is 1. The Labute approximate surface area is 140 Å². The highest BCUT2D eigenvalue weighted by Crippen LogP contribution is 2.52. The molecular weight excluding hydrogens is 335 g/mol. The van der Waals surface area contributed by atoms with Crippen molar-refractivity contribution < 1.29 is 23.4 Å². The minimum atomic E-state index is -4.71. The Kier molecular flexibility index (Phi) is 3.27. The Balaban J connectivity index is 1.93. The molecule has 0 radical (unpaired) electrons. The summed E-state index contributed by atoms with van der Waals surface area (Å²) in [5.41, 5.74) is -0.480. The van der Waals surface area contributed by atoms with Crippen LogP contribution < -0.4 is 5.32 Å². The lowest BCUT2D eigenvalue weighted by Gasteiger charge is -2.36. The highest BCUT2D eigenvalue weighted by Gasteiger charge is 2.41. The number of aromatic hydroxyl groups is 2. The van der Waals surface area contributed by atoms with E-state index in [1.165, 1.54) is 12.1 Å². The van der Waals surface area contributed by atoms with Crippen molar-refractivity contribution in [2.75, 3.05) is 6.54 Å². The molecule has 130 valence electrons.